The Morgan fingerprint density at radius 3 is 2.64 bits per heavy atom. The van der Waals surface area contributed by atoms with E-state index >= 15 is 0 Å². The minimum Gasteiger partial charge on any atom is -0.497 e. The standard InChI is InChI=1S/C23H24N4O6/c1-3-33-22-15-19(16-5-4-6-18(13-16)31-2)24-26(23(22)28)21-14-17(7-8-20(21)27(29)30)25-9-11-32-12-10-25/h4-8,13-15H,3,9-12H2,1-2H3. The minimum absolute atomic E-state index is 0.0522. The summed E-state index contributed by atoms with van der Waals surface area (Å²) >= 11 is 0. The molecule has 4 rings (SSSR count). The van der Waals surface area contributed by atoms with Gasteiger partial charge in [0.2, 0.25) is 0 Å². The van der Waals surface area contributed by atoms with E-state index in [9.17, 15) is 14.9 Å². The largest absolute Gasteiger partial charge is 0.497 e. The fourth-order valence-corrected chi connectivity index (χ4v) is 3.67. The fraction of sp³-hybridized carbons (Fsp3) is 0.304. The highest BCUT2D eigenvalue weighted by atomic mass is 16.6. The molecule has 0 radical (unpaired) electrons. The Morgan fingerprint density at radius 2 is 1.94 bits per heavy atom. The lowest BCUT2D eigenvalue weighted by Gasteiger charge is -2.29. The van der Waals surface area contributed by atoms with E-state index in [-0.39, 0.29) is 23.7 Å². The molecular formula is C23H24N4O6. The highest BCUT2D eigenvalue weighted by molar-refractivity contribution is 5.65. The van der Waals surface area contributed by atoms with E-state index in [1.165, 1.54) is 12.1 Å². The zero-order valence-electron chi connectivity index (χ0n) is 18.4. The second-order valence-corrected chi connectivity index (χ2v) is 7.31. The molecule has 1 fully saturated rings. The first-order valence-electron chi connectivity index (χ1n) is 10.5. The smallest absolute Gasteiger partial charge is 0.314 e. The van der Waals surface area contributed by atoms with Crippen molar-refractivity contribution in [2.75, 3.05) is 44.9 Å². The van der Waals surface area contributed by atoms with Crippen molar-refractivity contribution in [3.8, 4) is 28.4 Å². The molecule has 33 heavy (non-hydrogen) atoms. The van der Waals surface area contributed by atoms with Gasteiger partial charge in [-0.15, -0.1) is 0 Å². The Balaban J connectivity index is 1.92. The highest BCUT2D eigenvalue weighted by Gasteiger charge is 2.23. The van der Waals surface area contributed by atoms with Crippen LogP contribution in [0.4, 0.5) is 11.4 Å². The van der Waals surface area contributed by atoms with Gasteiger partial charge in [-0.1, -0.05) is 12.1 Å². The number of nitrogens with zero attached hydrogens (tertiary/aromatic N) is 4. The van der Waals surface area contributed by atoms with Crippen molar-refractivity contribution >= 4 is 11.4 Å². The third-order valence-electron chi connectivity index (χ3n) is 5.30. The summed E-state index contributed by atoms with van der Waals surface area (Å²) in [5, 5.41) is 16.3. The van der Waals surface area contributed by atoms with Crippen LogP contribution in [0.5, 0.6) is 11.5 Å². The number of ether oxygens (including phenoxy) is 3. The number of benzene rings is 2. The van der Waals surface area contributed by atoms with Gasteiger partial charge in [-0.2, -0.15) is 9.78 Å². The Hall–Kier alpha value is -3.92. The number of aromatic nitrogens is 2. The Morgan fingerprint density at radius 1 is 1.15 bits per heavy atom. The monoisotopic (exact) mass is 452 g/mol. The number of morpholine rings is 1. The molecule has 10 nitrogen and oxygen atoms in total. The molecule has 0 aliphatic carbocycles. The van der Waals surface area contributed by atoms with Crippen molar-refractivity contribution in [3.63, 3.8) is 0 Å². The van der Waals surface area contributed by atoms with Crippen molar-refractivity contribution in [1.82, 2.24) is 9.78 Å². The van der Waals surface area contributed by atoms with E-state index in [4.69, 9.17) is 14.2 Å². The van der Waals surface area contributed by atoms with E-state index in [1.54, 1.807) is 44.4 Å². The van der Waals surface area contributed by atoms with E-state index < -0.39 is 10.5 Å². The summed E-state index contributed by atoms with van der Waals surface area (Å²) in [4.78, 5) is 26.6. The van der Waals surface area contributed by atoms with Gasteiger partial charge in [0.1, 0.15) is 11.4 Å². The molecule has 1 aliphatic heterocycles. The second kappa shape index (κ2) is 9.70. The number of nitro benzene ring substituents is 1. The highest BCUT2D eigenvalue weighted by Crippen LogP contribution is 2.30. The van der Waals surface area contributed by atoms with E-state index in [2.05, 4.69) is 10.00 Å². The van der Waals surface area contributed by atoms with Gasteiger partial charge in [0.05, 0.1) is 37.5 Å². The summed E-state index contributed by atoms with van der Waals surface area (Å²) in [6, 6.07) is 13.4. The first kappa shape index (κ1) is 22.3. The van der Waals surface area contributed by atoms with Crippen LogP contribution in [0.2, 0.25) is 0 Å². The molecule has 0 saturated carbocycles. The maximum Gasteiger partial charge on any atom is 0.314 e. The van der Waals surface area contributed by atoms with Crippen LogP contribution in [0.3, 0.4) is 0 Å². The van der Waals surface area contributed by atoms with E-state index in [0.717, 1.165) is 10.4 Å². The number of hydrogen-bond acceptors (Lipinski definition) is 8. The molecule has 0 N–H and O–H groups in total. The quantitative estimate of drug-likeness (QED) is 0.398. The van der Waals surface area contributed by atoms with Crippen LogP contribution >= 0.6 is 0 Å². The van der Waals surface area contributed by atoms with Gasteiger partial charge in [0.15, 0.2) is 5.75 Å². The van der Waals surface area contributed by atoms with Gasteiger partial charge in [0, 0.05) is 36.5 Å². The Labute approximate surface area is 190 Å². The Bertz CT molecular complexity index is 1220. The van der Waals surface area contributed by atoms with Crippen LogP contribution in [-0.4, -0.2) is 54.7 Å². The number of nitro groups is 1. The van der Waals surface area contributed by atoms with Crippen molar-refractivity contribution in [1.29, 1.82) is 0 Å². The molecule has 1 aromatic heterocycles. The molecule has 172 valence electrons. The molecule has 0 atom stereocenters. The maximum absolute atomic E-state index is 13.2. The maximum atomic E-state index is 13.2. The van der Waals surface area contributed by atoms with Crippen LogP contribution < -0.4 is 19.9 Å². The first-order chi connectivity index (χ1) is 16.0. The van der Waals surface area contributed by atoms with Gasteiger partial charge in [0.25, 0.3) is 5.69 Å². The Kier molecular flexibility index (Phi) is 6.55. The van der Waals surface area contributed by atoms with Crippen molar-refractivity contribution < 1.29 is 19.1 Å². The topological polar surface area (TPSA) is 109 Å². The molecule has 0 bridgehead atoms. The van der Waals surface area contributed by atoms with Crippen LogP contribution in [0.1, 0.15) is 6.92 Å². The number of anilines is 1. The zero-order valence-corrected chi connectivity index (χ0v) is 18.4. The molecule has 1 saturated heterocycles. The van der Waals surface area contributed by atoms with Gasteiger partial charge in [-0.05, 0) is 31.2 Å². The average Bonchev–Trinajstić information content (AvgIpc) is 2.85. The number of rotatable bonds is 7. The molecule has 0 amide bonds. The average molecular weight is 452 g/mol. The summed E-state index contributed by atoms with van der Waals surface area (Å²) in [5.74, 6) is 0.668. The van der Waals surface area contributed by atoms with Crippen molar-refractivity contribution in [3.05, 3.63) is 69.0 Å². The molecule has 3 aromatic rings. The summed E-state index contributed by atoms with van der Waals surface area (Å²) in [6.45, 7) is 4.43. The zero-order chi connectivity index (χ0) is 23.4. The lowest BCUT2D eigenvalue weighted by molar-refractivity contribution is -0.384. The first-order valence-corrected chi connectivity index (χ1v) is 10.5. The number of methoxy groups -OCH3 is 1. The molecule has 0 spiro atoms. The van der Waals surface area contributed by atoms with Gasteiger partial charge < -0.3 is 19.1 Å². The van der Waals surface area contributed by atoms with Gasteiger partial charge in [-0.3, -0.25) is 14.9 Å². The molecule has 0 unspecified atom stereocenters. The lowest BCUT2D eigenvalue weighted by Crippen LogP contribution is -2.36. The lowest BCUT2D eigenvalue weighted by atomic mass is 10.1. The molecule has 1 aliphatic rings. The second-order valence-electron chi connectivity index (χ2n) is 7.31. The fourth-order valence-electron chi connectivity index (χ4n) is 3.67. The van der Waals surface area contributed by atoms with Crippen LogP contribution in [0.15, 0.2) is 53.3 Å². The predicted molar refractivity (Wildman–Crippen MR) is 123 cm³/mol. The normalized spacial score (nSPS) is 13.6. The van der Waals surface area contributed by atoms with E-state index in [0.29, 0.717) is 43.3 Å². The third kappa shape index (κ3) is 4.65. The van der Waals surface area contributed by atoms with Crippen molar-refractivity contribution in [2.45, 2.75) is 6.92 Å². The van der Waals surface area contributed by atoms with Gasteiger partial charge >= 0.3 is 5.56 Å². The summed E-state index contributed by atoms with van der Waals surface area (Å²) in [6.07, 6.45) is 0. The summed E-state index contributed by atoms with van der Waals surface area (Å²) in [5.41, 5.74) is 1.11. The van der Waals surface area contributed by atoms with E-state index in [1.807, 2.05) is 6.07 Å². The van der Waals surface area contributed by atoms with Crippen molar-refractivity contribution in [2.24, 2.45) is 0 Å². The summed E-state index contributed by atoms with van der Waals surface area (Å²) < 4.78 is 17.3. The third-order valence-corrected chi connectivity index (χ3v) is 5.30. The predicted octanol–water partition coefficient (Wildman–Crippen LogP) is 3.05. The van der Waals surface area contributed by atoms with Crippen LogP contribution in [0.25, 0.3) is 16.9 Å². The SMILES string of the molecule is CCOc1cc(-c2cccc(OC)c2)nn(-c2cc(N3CCOCC3)ccc2[N+](=O)[O-])c1=O. The molecule has 2 aromatic carbocycles. The molecule has 2 heterocycles. The molecular weight excluding hydrogens is 428 g/mol. The molecule has 10 heteroatoms. The number of hydrogen-bond donors (Lipinski definition) is 0. The summed E-state index contributed by atoms with van der Waals surface area (Å²) in [7, 11) is 1.56. The van der Waals surface area contributed by atoms with Crippen LogP contribution in [-0.2, 0) is 4.74 Å². The van der Waals surface area contributed by atoms with Gasteiger partial charge in [-0.25, -0.2) is 0 Å². The minimum atomic E-state index is -0.578. The van der Waals surface area contributed by atoms with Crippen LogP contribution in [0, 0.1) is 10.1 Å².